The highest BCUT2D eigenvalue weighted by atomic mass is 16.3. The molecule has 0 bridgehead atoms. The third-order valence-corrected chi connectivity index (χ3v) is 5.92. The molecule has 5 nitrogen and oxygen atoms in total. The van der Waals surface area contributed by atoms with E-state index in [-0.39, 0.29) is 24.3 Å². The summed E-state index contributed by atoms with van der Waals surface area (Å²) >= 11 is 0. The Morgan fingerprint density at radius 2 is 1.89 bits per heavy atom. The van der Waals surface area contributed by atoms with Gasteiger partial charge >= 0.3 is 0 Å². The van der Waals surface area contributed by atoms with E-state index in [9.17, 15) is 14.7 Å². The summed E-state index contributed by atoms with van der Waals surface area (Å²) in [5, 5.41) is 11.6. The number of rotatable bonds is 7. The van der Waals surface area contributed by atoms with Crippen molar-refractivity contribution in [2.75, 3.05) is 19.7 Å². The van der Waals surface area contributed by atoms with Crippen molar-refractivity contribution in [1.29, 1.82) is 0 Å². The Morgan fingerprint density at radius 3 is 2.68 bits per heavy atom. The number of aliphatic hydroxyl groups is 1. The van der Waals surface area contributed by atoms with Crippen LogP contribution in [0.4, 0.5) is 0 Å². The summed E-state index contributed by atoms with van der Waals surface area (Å²) in [6, 6.07) is 14.7. The highest BCUT2D eigenvalue weighted by Gasteiger charge is 2.39. The van der Waals surface area contributed by atoms with Crippen LogP contribution in [-0.2, 0) is 16.1 Å². The van der Waals surface area contributed by atoms with Crippen LogP contribution in [0.15, 0.2) is 42.5 Å². The largest absolute Gasteiger partial charge is 0.396 e. The van der Waals surface area contributed by atoms with Crippen LogP contribution in [0, 0.1) is 5.92 Å². The molecule has 1 N–H and O–H groups in total. The zero-order valence-electron chi connectivity index (χ0n) is 16.2. The Hall–Kier alpha value is -2.40. The summed E-state index contributed by atoms with van der Waals surface area (Å²) in [6.07, 6.45) is 3.79. The average Bonchev–Trinajstić information content (AvgIpc) is 3.56. The maximum Gasteiger partial charge on any atom is 0.227 e. The van der Waals surface area contributed by atoms with Gasteiger partial charge in [-0.3, -0.25) is 9.59 Å². The van der Waals surface area contributed by atoms with Gasteiger partial charge in [0.1, 0.15) is 0 Å². The van der Waals surface area contributed by atoms with Gasteiger partial charge < -0.3 is 14.9 Å². The van der Waals surface area contributed by atoms with Gasteiger partial charge in [-0.05, 0) is 42.0 Å². The zero-order chi connectivity index (χ0) is 19.5. The summed E-state index contributed by atoms with van der Waals surface area (Å²) in [5.41, 5.74) is 1.12. The minimum atomic E-state index is -0.132. The molecule has 2 aromatic carbocycles. The lowest BCUT2D eigenvalue weighted by atomic mass is 9.95. The van der Waals surface area contributed by atoms with Gasteiger partial charge in [-0.1, -0.05) is 42.5 Å². The summed E-state index contributed by atoms with van der Waals surface area (Å²) in [7, 11) is 0. The lowest BCUT2D eigenvalue weighted by molar-refractivity contribution is -0.144. The van der Waals surface area contributed by atoms with E-state index in [1.165, 1.54) is 0 Å². The number of carbonyl (C=O) groups is 2. The number of hydrogen-bond donors (Lipinski definition) is 1. The number of nitrogens with zero attached hydrogens (tertiary/aromatic N) is 2. The number of piperidine rings is 1. The van der Waals surface area contributed by atoms with E-state index in [1.54, 1.807) is 0 Å². The SMILES string of the molecule is O=C([C@@H]1CCC(=O)N(C2CC2)C1)N(CCCO)Cc1cccc2ccccc12. The fraction of sp³-hybridized carbons (Fsp3) is 0.478. The minimum absolute atomic E-state index is 0.0661. The van der Waals surface area contributed by atoms with Crippen LogP contribution in [0.25, 0.3) is 10.8 Å². The van der Waals surface area contributed by atoms with Crippen molar-refractivity contribution in [2.45, 2.75) is 44.7 Å². The van der Waals surface area contributed by atoms with E-state index in [4.69, 9.17) is 0 Å². The van der Waals surface area contributed by atoms with E-state index < -0.39 is 0 Å². The van der Waals surface area contributed by atoms with E-state index >= 15 is 0 Å². The molecule has 0 aromatic heterocycles. The molecule has 2 fully saturated rings. The van der Waals surface area contributed by atoms with Gasteiger partial charge in [-0.2, -0.15) is 0 Å². The van der Waals surface area contributed by atoms with Gasteiger partial charge in [0.2, 0.25) is 11.8 Å². The monoisotopic (exact) mass is 380 g/mol. The van der Waals surface area contributed by atoms with E-state index in [0.717, 1.165) is 29.2 Å². The maximum absolute atomic E-state index is 13.3. The van der Waals surface area contributed by atoms with Crippen LogP contribution in [0.1, 0.15) is 37.7 Å². The second kappa shape index (κ2) is 8.31. The van der Waals surface area contributed by atoms with Gasteiger partial charge in [0.05, 0.1) is 5.92 Å². The van der Waals surface area contributed by atoms with E-state index in [1.807, 2.05) is 28.0 Å². The molecule has 1 saturated heterocycles. The number of likely N-dealkylation sites (tertiary alicyclic amines) is 1. The molecule has 1 heterocycles. The molecule has 0 radical (unpaired) electrons. The Kier molecular flexibility index (Phi) is 5.62. The quantitative estimate of drug-likeness (QED) is 0.803. The summed E-state index contributed by atoms with van der Waals surface area (Å²) in [4.78, 5) is 29.3. The summed E-state index contributed by atoms with van der Waals surface area (Å²) < 4.78 is 0. The van der Waals surface area contributed by atoms with Crippen LogP contribution < -0.4 is 0 Å². The molecule has 148 valence electrons. The average molecular weight is 380 g/mol. The molecule has 5 heteroatoms. The van der Waals surface area contributed by atoms with Crippen molar-refractivity contribution in [1.82, 2.24) is 9.80 Å². The smallest absolute Gasteiger partial charge is 0.227 e. The second-order valence-corrected chi connectivity index (χ2v) is 7.99. The highest BCUT2D eigenvalue weighted by molar-refractivity contribution is 5.87. The Balaban J connectivity index is 1.53. The molecule has 1 aliphatic carbocycles. The number of benzene rings is 2. The molecule has 0 unspecified atom stereocenters. The van der Waals surface area contributed by atoms with Gasteiger partial charge in [0, 0.05) is 38.7 Å². The van der Waals surface area contributed by atoms with Gasteiger partial charge in [0.25, 0.3) is 0 Å². The predicted molar refractivity (Wildman–Crippen MR) is 109 cm³/mol. The van der Waals surface area contributed by atoms with Crippen LogP contribution in [0.2, 0.25) is 0 Å². The predicted octanol–water partition coefficient (Wildman–Crippen LogP) is 2.95. The lowest BCUT2D eigenvalue weighted by Crippen LogP contribution is -2.48. The molecule has 2 aromatic rings. The lowest BCUT2D eigenvalue weighted by Gasteiger charge is -2.35. The van der Waals surface area contributed by atoms with Crippen molar-refractivity contribution < 1.29 is 14.7 Å². The van der Waals surface area contributed by atoms with E-state index in [2.05, 4.69) is 24.3 Å². The number of amides is 2. The molecule has 2 aliphatic rings. The van der Waals surface area contributed by atoms with E-state index in [0.29, 0.717) is 44.9 Å². The van der Waals surface area contributed by atoms with Crippen molar-refractivity contribution in [3.8, 4) is 0 Å². The van der Waals surface area contributed by atoms with Crippen molar-refractivity contribution in [2.24, 2.45) is 5.92 Å². The first-order chi connectivity index (χ1) is 13.7. The van der Waals surface area contributed by atoms with Crippen LogP contribution in [0.3, 0.4) is 0 Å². The van der Waals surface area contributed by atoms with Gasteiger partial charge in [-0.25, -0.2) is 0 Å². The number of aliphatic hydroxyl groups excluding tert-OH is 1. The third kappa shape index (κ3) is 4.04. The molecule has 28 heavy (non-hydrogen) atoms. The first-order valence-corrected chi connectivity index (χ1v) is 10.3. The molecular formula is C23H28N2O3. The molecule has 1 atom stereocenters. The second-order valence-electron chi connectivity index (χ2n) is 7.99. The molecular weight excluding hydrogens is 352 g/mol. The Labute approximate surface area is 165 Å². The zero-order valence-corrected chi connectivity index (χ0v) is 16.2. The maximum atomic E-state index is 13.3. The standard InChI is InChI=1S/C23H28N2O3/c26-14-4-13-24(15-18-7-3-6-17-5-1-2-8-21(17)18)23(28)19-9-12-22(27)25(16-19)20-10-11-20/h1-3,5-8,19-20,26H,4,9-16H2/t19-/m1/s1. The fourth-order valence-corrected chi connectivity index (χ4v) is 4.24. The van der Waals surface area contributed by atoms with Gasteiger partial charge in [-0.15, -0.1) is 0 Å². The number of hydrogen-bond acceptors (Lipinski definition) is 3. The summed E-state index contributed by atoms with van der Waals surface area (Å²) in [5.74, 6) is 0.175. The third-order valence-electron chi connectivity index (χ3n) is 5.92. The molecule has 1 saturated carbocycles. The molecule has 4 rings (SSSR count). The fourth-order valence-electron chi connectivity index (χ4n) is 4.24. The van der Waals surface area contributed by atoms with Crippen LogP contribution in [-0.4, -0.2) is 52.5 Å². The molecule has 2 amide bonds. The minimum Gasteiger partial charge on any atom is -0.396 e. The van der Waals surface area contributed by atoms with Crippen molar-refractivity contribution in [3.63, 3.8) is 0 Å². The topological polar surface area (TPSA) is 60.9 Å². The van der Waals surface area contributed by atoms with Crippen molar-refractivity contribution in [3.05, 3.63) is 48.0 Å². The number of carbonyl (C=O) groups excluding carboxylic acids is 2. The van der Waals surface area contributed by atoms with Crippen LogP contribution in [0.5, 0.6) is 0 Å². The highest BCUT2D eigenvalue weighted by Crippen LogP contribution is 2.32. The summed E-state index contributed by atoms with van der Waals surface area (Å²) in [6.45, 7) is 1.69. The van der Waals surface area contributed by atoms with Crippen LogP contribution >= 0.6 is 0 Å². The Morgan fingerprint density at radius 1 is 1.11 bits per heavy atom. The molecule has 0 spiro atoms. The Bertz CT molecular complexity index is 857. The first-order valence-electron chi connectivity index (χ1n) is 10.3. The first kappa shape index (κ1) is 18.9. The normalized spacial score (nSPS) is 19.8. The van der Waals surface area contributed by atoms with Gasteiger partial charge in [0.15, 0.2) is 0 Å². The number of fused-ring (bicyclic) bond motifs is 1. The molecule has 1 aliphatic heterocycles. The van der Waals surface area contributed by atoms with Crippen molar-refractivity contribution >= 4 is 22.6 Å².